The molecule has 1 aliphatic rings. The van der Waals surface area contributed by atoms with Crippen molar-refractivity contribution in [2.24, 2.45) is 0 Å². The summed E-state index contributed by atoms with van der Waals surface area (Å²) in [5.74, 6) is 0.840. The molecule has 2 aromatic heterocycles. The third-order valence-electron chi connectivity index (χ3n) is 6.39. The number of likely N-dealkylation sites (N-methyl/N-ethyl adjacent to an activating group) is 1. The minimum absolute atomic E-state index is 0.630. The minimum atomic E-state index is 0.630. The highest BCUT2D eigenvalue weighted by Crippen LogP contribution is 2.23. The van der Waals surface area contributed by atoms with Crippen LogP contribution in [0.2, 0.25) is 0 Å². The molecule has 1 saturated heterocycles. The van der Waals surface area contributed by atoms with Crippen molar-refractivity contribution in [3.63, 3.8) is 0 Å². The van der Waals surface area contributed by atoms with Gasteiger partial charge in [0.05, 0.1) is 19.1 Å². The number of anilines is 1. The first kappa shape index (κ1) is 23.1. The number of aromatic nitrogens is 3. The molecule has 8 nitrogen and oxygen atoms in total. The molecule has 182 valence electrons. The number of methoxy groups -OCH3 is 1. The second kappa shape index (κ2) is 10.8. The zero-order chi connectivity index (χ0) is 24.0. The van der Waals surface area contributed by atoms with E-state index < -0.39 is 0 Å². The summed E-state index contributed by atoms with van der Waals surface area (Å²) in [6, 6.07) is 17.2. The molecule has 0 unspecified atom stereocenters. The molecule has 1 fully saturated rings. The van der Waals surface area contributed by atoms with Gasteiger partial charge < -0.3 is 23.5 Å². The van der Waals surface area contributed by atoms with Crippen molar-refractivity contribution in [2.45, 2.75) is 19.6 Å². The van der Waals surface area contributed by atoms with E-state index in [1.807, 2.05) is 29.2 Å². The van der Waals surface area contributed by atoms with Crippen molar-refractivity contribution >= 4 is 6.01 Å². The first-order valence-electron chi connectivity index (χ1n) is 12.0. The molecule has 0 aliphatic carbocycles. The van der Waals surface area contributed by atoms with Gasteiger partial charge in [-0.2, -0.15) is 4.98 Å². The summed E-state index contributed by atoms with van der Waals surface area (Å²) in [5.41, 5.74) is 4.34. The summed E-state index contributed by atoms with van der Waals surface area (Å²) < 4.78 is 13.5. The molecule has 3 heterocycles. The average Bonchev–Trinajstić information content (AvgIpc) is 3.58. The van der Waals surface area contributed by atoms with Crippen LogP contribution in [0.15, 0.2) is 77.9 Å². The standard InChI is InChI=1S/C27H32N6O2/c1-30-11-13-31(14-12-30)19-24-20-35-27(29-24)33(18-23-6-4-8-26(16-23)34-2)17-22-5-3-7-25(15-22)32-10-9-28-21-32/h3-10,15-16,20-21H,11-14,17-19H2,1-2H3. The molecule has 8 heteroatoms. The fraction of sp³-hybridized carbons (Fsp3) is 0.333. The van der Waals surface area contributed by atoms with E-state index in [1.165, 1.54) is 0 Å². The number of oxazole rings is 1. The third-order valence-corrected chi connectivity index (χ3v) is 6.39. The second-order valence-electron chi connectivity index (χ2n) is 9.05. The quantitative estimate of drug-likeness (QED) is 0.367. The van der Waals surface area contributed by atoms with Crippen LogP contribution in [0.5, 0.6) is 5.75 Å². The van der Waals surface area contributed by atoms with Crippen molar-refractivity contribution in [1.82, 2.24) is 24.3 Å². The van der Waals surface area contributed by atoms with Crippen LogP contribution in [0.3, 0.4) is 0 Å². The van der Waals surface area contributed by atoms with E-state index in [9.17, 15) is 0 Å². The molecule has 35 heavy (non-hydrogen) atoms. The third kappa shape index (κ3) is 5.90. The van der Waals surface area contributed by atoms with Crippen molar-refractivity contribution in [1.29, 1.82) is 0 Å². The van der Waals surface area contributed by atoms with Crippen LogP contribution in [0.1, 0.15) is 16.8 Å². The Kier molecular flexibility index (Phi) is 7.11. The Bertz CT molecular complexity index is 1210. The van der Waals surface area contributed by atoms with Crippen LogP contribution in [-0.2, 0) is 19.6 Å². The molecule has 0 radical (unpaired) electrons. The van der Waals surface area contributed by atoms with Crippen LogP contribution in [0.25, 0.3) is 5.69 Å². The molecule has 1 aliphatic heterocycles. The topological polar surface area (TPSA) is 62.8 Å². The molecule has 0 atom stereocenters. The molecule has 0 N–H and O–H groups in total. The van der Waals surface area contributed by atoms with Crippen LogP contribution in [0.4, 0.5) is 6.01 Å². The van der Waals surface area contributed by atoms with E-state index in [-0.39, 0.29) is 0 Å². The number of hydrogen-bond acceptors (Lipinski definition) is 7. The zero-order valence-electron chi connectivity index (χ0n) is 20.4. The fourth-order valence-electron chi connectivity index (χ4n) is 4.38. The number of nitrogens with zero attached hydrogens (tertiary/aromatic N) is 6. The minimum Gasteiger partial charge on any atom is -0.497 e. The number of benzene rings is 2. The second-order valence-corrected chi connectivity index (χ2v) is 9.05. The van der Waals surface area contributed by atoms with Crippen LogP contribution < -0.4 is 9.64 Å². The molecule has 0 bridgehead atoms. The molecular formula is C27H32N6O2. The normalized spacial score (nSPS) is 14.8. The van der Waals surface area contributed by atoms with Crippen LogP contribution >= 0.6 is 0 Å². The Balaban J connectivity index is 1.37. The van der Waals surface area contributed by atoms with E-state index in [2.05, 4.69) is 63.1 Å². The highest BCUT2D eigenvalue weighted by Gasteiger charge is 2.19. The molecule has 0 amide bonds. The SMILES string of the molecule is COc1cccc(CN(Cc2cccc(-n3ccnc3)c2)c2nc(CN3CCN(C)CC3)co2)c1. The van der Waals surface area contributed by atoms with E-state index in [0.29, 0.717) is 19.1 Å². The van der Waals surface area contributed by atoms with Gasteiger partial charge in [0.1, 0.15) is 12.0 Å². The molecule has 5 rings (SSSR count). The Hall–Kier alpha value is -3.62. The Labute approximate surface area is 206 Å². The molecule has 2 aromatic carbocycles. The Morgan fingerprint density at radius 2 is 1.77 bits per heavy atom. The van der Waals surface area contributed by atoms with Gasteiger partial charge in [0.2, 0.25) is 0 Å². The molecule has 0 spiro atoms. The van der Waals surface area contributed by atoms with Crippen LogP contribution in [0, 0.1) is 0 Å². The van der Waals surface area contributed by atoms with Crippen molar-refractivity contribution < 1.29 is 9.15 Å². The average molecular weight is 473 g/mol. The predicted molar refractivity (Wildman–Crippen MR) is 136 cm³/mol. The molecular weight excluding hydrogens is 440 g/mol. The van der Waals surface area contributed by atoms with Gasteiger partial charge in [0, 0.05) is 63.9 Å². The van der Waals surface area contributed by atoms with Crippen molar-refractivity contribution in [3.8, 4) is 11.4 Å². The van der Waals surface area contributed by atoms with Gasteiger partial charge in [-0.1, -0.05) is 24.3 Å². The number of imidazole rings is 1. The van der Waals surface area contributed by atoms with Gasteiger partial charge in [0.15, 0.2) is 0 Å². The number of piperazine rings is 1. The highest BCUT2D eigenvalue weighted by molar-refractivity contribution is 5.40. The van der Waals surface area contributed by atoms with E-state index in [4.69, 9.17) is 14.1 Å². The lowest BCUT2D eigenvalue weighted by molar-refractivity contribution is 0.147. The summed E-state index contributed by atoms with van der Waals surface area (Å²) >= 11 is 0. The molecule has 4 aromatic rings. The number of rotatable bonds is 9. The van der Waals surface area contributed by atoms with Gasteiger partial charge in [-0.05, 0) is 42.4 Å². The summed E-state index contributed by atoms with van der Waals surface area (Å²) in [7, 11) is 3.86. The maximum absolute atomic E-state index is 6.02. The van der Waals surface area contributed by atoms with E-state index >= 15 is 0 Å². The number of hydrogen-bond donors (Lipinski definition) is 0. The van der Waals surface area contributed by atoms with Crippen molar-refractivity contribution in [2.75, 3.05) is 45.2 Å². The maximum atomic E-state index is 6.02. The summed E-state index contributed by atoms with van der Waals surface area (Å²) in [4.78, 5) is 16.0. The van der Waals surface area contributed by atoms with Gasteiger partial charge in [-0.3, -0.25) is 4.90 Å². The van der Waals surface area contributed by atoms with Gasteiger partial charge in [0.25, 0.3) is 6.01 Å². The van der Waals surface area contributed by atoms with Gasteiger partial charge in [-0.15, -0.1) is 0 Å². The van der Waals surface area contributed by atoms with Gasteiger partial charge >= 0.3 is 0 Å². The van der Waals surface area contributed by atoms with E-state index in [0.717, 1.165) is 61.0 Å². The monoisotopic (exact) mass is 472 g/mol. The predicted octanol–water partition coefficient (Wildman–Crippen LogP) is 3.82. The first-order chi connectivity index (χ1) is 17.2. The molecule has 0 saturated carbocycles. The lowest BCUT2D eigenvalue weighted by Gasteiger charge is -2.31. The smallest absolute Gasteiger partial charge is 0.298 e. The van der Waals surface area contributed by atoms with Crippen LogP contribution in [-0.4, -0.2) is 64.7 Å². The van der Waals surface area contributed by atoms with Gasteiger partial charge in [-0.25, -0.2) is 4.98 Å². The Morgan fingerprint density at radius 1 is 1.00 bits per heavy atom. The Morgan fingerprint density at radius 3 is 2.51 bits per heavy atom. The maximum Gasteiger partial charge on any atom is 0.298 e. The van der Waals surface area contributed by atoms with Crippen molar-refractivity contribution in [3.05, 3.63) is 90.3 Å². The summed E-state index contributed by atoms with van der Waals surface area (Å²) in [6.45, 7) is 6.38. The number of ether oxygens (including phenoxy) is 1. The summed E-state index contributed by atoms with van der Waals surface area (Å²) in [5, 5.41) is 0. The fourth-order valence-corrected chi connectivity index (χ4v) is 4.38. The lowest BCUT2D eigenvalue weighted by atomic mass is 10.1. The summed E-state index contributed by atoms with van der Waals surface area (Å²) in [6.07, 6.45) is 7.35. The van der Waals surface area contributed by atoms with E-state index in [1.54, 1.807) is 19.6 Å². The zero-order valence-corrected chi connectivity index (χ0v) is 20.4. The largest absolute Gasteiger partial charge is 0.497 e. The highest BCUT2D eigenvalue weighted by atomic mass is 16.5. The first-order valence-corrected chi connectivity index (χ1v) is 12.0. The lowest BCUT2D eigenvalue weighted by Crippen LogP contribution is -2.43.